The molecule has 1 aromatic heterocycles. The maximum absolute atomic E-state index is 12.9. The van der Waals surface area contributed by atoms with Crippen LogP contribution in [0.2, 0.25) is 5.04 Å². The monoisotopic (exact) mass is 519 g/mol. The molecule has 0 aliphatic heterocycles. The fraction of sp³-hybridized carbons (Fsp3) is 0.333. The summed E-state index contributed by atoms with van der Waals surface area (Å²) in [5.74, 6) is 0.505. The minimum absolute atomic E-state index is 0.191. The number of sulfone groups is 1. The highest BCUT2D eigenvalue weighted by Gasteiger charge is 2.50. The van der Waals surface area contributed by atoms with E-state index < -0.39 is 18.2 Å². The molecule has 3 aromatic carbocycles. The van der Waals surface area contributed by atoms with Gasteiger partial charge in [0.1, 0.15) is 0 Å². The number of hydrogen-bond donors (Lipinski definition) is 1. The van der Waals surface area contributed by atoms with E-state index in [1.807, 2.05) is 18.2 Å². The van der Waals surface area contributed by atoms with Gasteiger partial charge < -0.3 is 9.41 Å². The molecule has 190 valence electrons. The number of aromatic amines is 1. The molecular formula is C30H37NO3SSi. The Morgan fingerprint density at radius 3 is 1.92 bits per heavy atom. The third-order valence-corrected chi connectivity index (χ3v) is 12.9. The van der Waals surface area contributed by atoms with Crippen LogP contribution in [0.25, 0.3) is 10.9 Å². The van der Waals surface area contributed by atoms with Crippen LogP contribution in [0.15, 0.2) is 83.8 Å². The Hall–Kier alpha value is -2.67. The van der Waals surface area contributed by atoms with E-state index in [0.717, 1.165) is 23.0 Å². The molecule has 1 N–H and O–H groups in total. The van der Waals surface area contributed by atoms with E-state index in [0.29, 0.717) is 16.4 Å². The Kier molecular flexibility index (Phi) is 7.33. The number of fused-ring (bicyclic) bond motifs is 1. The summed E-state index contributed by atoms with van der Waals surface area (Å²) in [4.78, 5) is 3.74. The van der Waals surface area contributed by atoms with E-state index in [2.05, 4.69) is 94.2 Å². The van der Waals surface area contributed by atoms with Crippen LogP contribution >= 0.6 is 0 Å². The molecule has 0 atom stereocenters. The zero-order valence-corrected chi connectivity index (χ0v) is 23.9. The van der Waals surface area contributed by atoms with Gasteiger partial charge in [-0.15, -0.1) is 0 Å². The summed E-state index contributed by atoms with van der Waals surface area (Å²) >= 11 is 0. The first-order valence-corrected chi connectivity index (χ1v) is 16.3. The lowest BCUT2D eigenvalue weighted by Gasteiger charge is -2.43. The smallest absolute Gasteiger partial charge is 0.261 e. The van der Waals surface area contributed by atoms with Crippen molar-refractivity contribution in [3.8, 4) is 0 Å². The van der Waals surface area contributed by atoms with Gasteiger partial charge in [-0.3, -0.25) is 0 Å². The molecule has 1 heterocycles. The summed E-state index contributed by atoms with van der Waals surface area (Å²) in [5, 5.41) is 3.17. The van der Waals surface area contributed by atoms with Gasteiger partial charge in [0.2, 0.25) is 0 Å². The molecule has 36 heavy (non-hydrogen) atoms. The maximum atomic E-state index is 12.9. The van der Waals surface area contributed by atoms with Crippen molar-refractivity contribution >= 4 is 39.4 Å². The Morgan fingerprint density at radius 2 is 1.44 bits per heavy atom. The van der Waals surface area contributed by atoms with Crippen molar-refractivity contribution in [3.05, 3.63) is 90.1 Å². The van der Waals surface area contributed by atoms with Gasteiger partial charge in [-0.05, 0) is 51.5 Å². The minimum atomic E-state index is -3.46. The molecular weight excluding hydrogens is 482 g/mol. The van der Waals surface area contributed by atoms with Gasteiger partial charge in [0, 0.05) is 22.9 Å². The first-order valence-electron chi connectivity index (χ1n) is 12.5. The quantitative estimate of drug-likeness (QED) is 0.297. The van der Waals surface area contributed by atoms with Gasteiger partial charge in [-0.1, -0.05) is 95.3 Å². The van der Waals surface area contributed by atoms with Gasteiger partial charge in [0.05, 0.1) is 11.5 Å². The van der Waals surface area contributed by atoms with Crippen molar-refractivity contribution < 1.29 is 12.8 Å². The molecule has 0 aliphatic rings. The number of aromatic nitrogens is 1. The molecule has 6 heteroatoms. The second-order valence-corrected chi connectivity index (χ2v) is 17.5. The summed E-state index contributed by atoms with van der Waals surface area (Å²) < 4.78 is 32.8. The fourth-order valence-electron chi connectivity index (χ4n) is 5.22. The summed E-state index contributed by atoms with van der Waals surface area (Å²) in [5.41, 5.74) is 2.66. The number of nitrogens with one attached hydrogen (secondary N) is 1. The molecule has 0 fully saturated rings. The van der Waals surface area contributed by atoms with Crippen molar-refractivity contribution in [2.24, 2.45) is 5.92 Å². The van der Waals surface area contributed by atoms with E-state index >= 15 is 0 Å². The van der Waals surface area contributed by atoms with Crippen LogP contribution in [0, 0.1) is 5.92 Å². The molecule has 0 radical (unpaired) electrons. The Bertz CT molecular complexity index is 1400. The van der Waals surface area contributed by atoms with Crippen molar-refractivity contribution in [2.75, 3.05) is 6.26 Å². The molecule has 0 bridgehead atoms. The normalized spacial score (nSPS) is 13.0. The van der Waals surface area contributed by atoms with E-state index in [1.165, 1.54) is 16.6 Å². The standard InChI is InChI=1S/C30H37NO3SSi/c1-22(2)17-25-19-23-18-24(29(35(6,32)33)20-28(23)31-25)21-34-36(30(3,4)5,26-13-9-7-10-14-26)27-15-11-8-12-16-27/h7-16,18-20,22,31H,17,21H2,1-6H3. The van der Waals surface area contributed by atoms with Gasteiger partial charge in [0.25, 0.3) is 8.32 Å². The molecule has 4 rings (SSSR count). The van der Waals surface area contributed by atoms with Gasteiger partial charge in [-0.25, -0.2) is 8.42 Å². The topological polar surface area (TPSA) is 59.2 Å². The zero-order chi connectivity index (χ0) is 26.1. The first kappa shape index (κ1) is 26.4. The lowest BCUT2D eigenvalue weighted by atomic mass is 10.1. The largest absolute Gasteiger partial charge is 0.403 e. The van der Waals surface area contributed by atoms with E-state index in [1.54, 1.807) is 6.07 Å². The highest BCUT2D eigenvalue weighted by molar-refractivity contribution is 7.90. The second kappa shape index (κ2) is 10.00. The lowest BCUT2D eigenvalue weighted by molar-refractivity contribution is 0.283. The average Bonchev–Trinajstić information content (AvgIpc) is 3.19. The van der Waals surface area contributed by atoms with E-state index in [-0.39, 0.29) is 11.6 Å². The third kappa shape index (κ3) is 5.22. The number of rotatable bonds is 8. The average molecular weight is 520 g/mol. The SMILES string of the molecule is CC(C)Cc1cc2cc(CO[Si](c3ccccc3)(c3ccccc3)C(C)(C)C)c(S(C)(=O)=O)cc2[nH]1. The molecule has 0 unspecified atom stereocenters. The van der Waals surface area contributed by atoms with Gasteiger partial charge in [-0.2, -0.15) is 0 Å². The van der Waals surface area contributed by atoms with Crippen LogP contribution in [0.5, 0.6) is 0 Å². The van der Waals surface area contributed by atoms with Gasteiger partial charge in [0.15, 0.2) is 9.84 Å². The van der Waals surface area contributed by atoms with Crippen molar-refractivity contribution in [1.29, 1.82) is 0 Å². The predicted octanol–water partition coefficient (Wildman–Crippen LogP) is 5.85. The number of hydrogen-bond acceptors (Lipinski definition) is 3. The first-order chi connectivity index (χ1) is 16.9. The molecule has 4 aromatic rings. The van der Waals surface area contributed by atoms with Crippen molar-refractivity contribution in [3.63, 3.8) is 0 Å². The van der Waals surface area contributed by atoms with Crippen LogP contribution in [0.4, 0.5) is 0 Å². The molecule has 0 spiro atoms. The van der Waals surface area contributed by atoms with Crippen LogP contribution in [-0.4, -0.2) is 28.0 Å². The highest BCUT2D eigenvalue weighted by Crippen LogP contribution is 2.38. The van der Waals surface area contributed by atoms with Crippen molar-refractivity contribution in [1.82, 2.24) is 4.98 Å². The molecule has 0 amide bonds. The third-order valence-electron chi connectivity index (χ3n) is 6.75. The van der Waals surface area contributed by atoms with Crippen LogP contribution in [-0.2, 0) is 27.3 Å². The summed E-state index contributed by atoms with van der Waals surface area (Å²) in [6.07, 6.45) is 2.19. The number of benzene rings is 3. The minimum Gasteiger partial charge on any atom is -0.403 e. The summed E-state index contributed by atoms with van der Waals surface area (Å²) in [7, 11) is -6.26. The Labute approximate surface area is 216 Å². The summed E-state index contributed by atoms with van der Waals surface area (Å²) in [6.45, 7) is 11.3. The van der Waals surface area contributed by atoms with Crippen LogP contribution in [0.3, 0.4) is 0 Å². The Balaban J connectivity index is 1.86. The molecule has 4 nitrogen and oxygen atoms in total. The predicted molar refractivity (Wildman–Crippen MR) is 152 cm³/mol. The van der Waals surface area contributed by atoms with Crippen LogP contribution in [0.1, 0.15) is 45.9 Å². The molecule has 0 aliphatic carbocycles. The van der Waals surface area contributed by atoms with Gasteiger partial charge >= 0.3 is 0 Å². The number of H-pyrrole nitrogens is 1. The van der Waals surface area contributed by atoms with Crippen molar-refractivity contribution in [2.45, 2.75) is 57.6 Å². The lowest BCUT2D eigenvalue weighted by Crippen LogP contribution is -2.66. The Morgan fingerprint density at radius 1 is 0.889 bits per heavy atom. The van der Waals surface area contributed by atoms with Crippen LogP contribution < -0.4 is 10.4 Å². The molecule has 0 saturated carbocycles. The zero-order valence-electron chi connectivity index (χ0n) is 22.1. The highest BCUT2D eigenvalue weighted by atomic mass is 32.2. The second-order valence-electron chi connectivity index (χ2n) is 11.2. The fourth-order valence-corrected chi connectivity index (χ4v) is 10.7. The molecule has 0 saturated heterocycles. The summed E-state index contributed by atoms with van der Waals surface area (Å²) in [6, 6.07) is 26.8. The maximum Gasteiger partial charge on any atom is 0.261 e. The van der Waals surface area contributed by atoms with E-state index in [4.69, 9.17) is 4.43 Å². The van der Waals surface area contributed by atoms with E-state index in [9.17, 15) is 8.42 Å².